The lowest BCUT2D eigenvalue weighted by Crippen LogP contribution is -2.24. The van der Waals surface area contributed by atoms with Crippen LogP contribution in [0.1, 0.15) is 54.2 Å². The Kier molecular flexibility index (Phi) is 4.20. The second kappa shape index (κ2) is 6.58. The third-order valence-corrected chi connectivity index (χ3v) is 5.27. The molecule has 4 rings (SSSR count). The molecule has 140 valence electrons. The zero-order valence-corrected chi connectivity index (χ0v) is 16.1. The number of ether oxygens (including phenoxy) is 1. The van der Waals surface area contributed by atoms with Crippen molar-refractivity contribution in [1.29, 1.82) is 5.26 Å². The fraction of sp³-hybridized carbons (Fsp3) is 0.217. The summed E-state index contributed by atoms with van der Waals surface area (Å²) in [6, 6.07) is 17.9. The molecule has 0 spiro atoms. The van der Waals surface area contributed by atoms with Crippen LogP contribution in [0.15, 0.2) is 60.0 Å². The van der Waals surface area contributed by atoms with Crippen molar-refractivity contribution in [2.24, 2.45) is 5.73 Å². The summed E-state index contributed by atoms with van der Waals surface area (Å²) in [5.74, 6) is 0.424. The topological polar surface area (TPSA) is 81.0 Å². The Balaban J connectivity index is 2.03. The average molecular weight is 371 g/mol. The fourth-order valence-corrected chi connectivity index (χ4v) is 3.90. The molecule has 1 aliphatic rings. The highest BCUT2D eigenvalue weighted by molar-refractivity contribution is 5.98. The summed E-state index contributed by atoms with van der Waals surface area (Å²) in [5, 5.41) is 10.6. The van der Waals surface area contributed by atoms with Gasteiger partial charge in [-0.3, -0.25) is 9.36 Å². The molecule has 0 saturated heterocycles. The van der Waals surface area contributed by atoms with E-state index < -0.39 is 5.92 Å². The van der Waals surface area contributed by atoms with E-state index in [1.165, 1.54) is 12.5 Å². The number of fused-ring (bicyclic) bond motifs is 3. The van der Waals surface area contributed by atoms with E-state index in [9.17, 15) is 10.1 Å². The van der Waals surface area contributed by atoms with Crippen molar-refractivity contribution in [3.63, 3.8) is 0 Å². The molecule has 28 heavy (non-hydrogen) atoms. The van der Waals surface area contributed by atoms with Crippen LogP contribution < -0.4 is 10.5 Å². The Morgan fingerprint density at radius 3 is 2.46 bits per heavy atom. The van der Waals surface area contributed by atoms with Gasteiger partial charge in [0.05, 0.1) is 17.1 Å². The molecule has 2 N–H and O–H groups in total. The molecule has 0 unspecified atom stereocenters. The quantitative estimate of drug-likeness (QED) is 0.711. The van der Waals surface area contributed by atoms with Gasteiger partial charge in [-0.1, -0.05) is 50.2 Å². The van der Waals surface area contributed by atoms with Crippen LogP contribution in [-0.4, -0.2) is 10.5 Å². The summed E-state index contributed by atoms with van der Waals surface area (Å²) >= 11 is 0. The fourth-order valence-electron chi connectivity index (χ4n) is 3.90. The van der Waals surface area contributed by atoms with Gasteiger partial charge in [-0.2, -0.15) is 5.26 Å². The highest BCUT2D eigenvalue weighted by atomic mass is 16.5. The number of nitriles is 1. The van der Waals surface area contributed by atoms with Gasteiger partial charge in [0.1, 0.15) is 11.6 Å². The normalized spacial score (nSPS) is 16.0. The van der Waals surface area contributed by atoms with Crippen molar-refractivity contribution >= 4 is 16.8 Å². The van der Waals surface area contributed by atoms with Crippen LogP contribution in [0.4, 0.5) is 0 Å². The van der Waals surface area contributed by atoms with Crippen molar-refractivity contribution in [2.45, 2.75) is 32.6 Å². The number of carbonyl (C=O) groups is 1. The lowest BCUT2D eigenvalue weighted by atomic mass is 9.86. The van der Waals surface area contributed by atoms with Crippen LogP contribution in [0.25, 0.3) is 10.9 Å². The van der Waals surface area contributed by atoms with Gasteiger partial charge in [-0.15, -0.1) is 0 Å². The number of hydrogen-bond acceptors (Lipinski definition) is 4. The summed E-state index contributed by atoms with van der Waals surface area (Å²) in [5.41, 5.74) is 9.95. The van der Waals surface area contributed by atoms with E-state index in [1.807, 2.05) is 36.4 Å². The number of benzene rings is 2. The average Bonchev–Trinajstić information content (AvgIpc) is 3.01. The van der Waals surface area contributed by atoms with Crippen molar-refractivity contribution in [3.05, 3.63) is 76.8 Å². The molecule has 1 aromatic heterocycles. The van der Waals surface area contributed by atoms with Crippen LogP contribution in [-0.2, 0) is 0 Å². The molecule has 0 aliphatic carbocycles. The van der Waals surface area contributed by atoms with Gasteiger partial charge in [0, 0.05) is 12.3 Å². The largest absolute Gasteiger partial charge is 0.438 e. The number of allylic oxidation sites excluding steroid dienone is 1. The van der Waals surface area contributed by atoms with E-state index >= 15 is 0 Å². The molecule has 5 heteroatoms. The molecule has 0 bridgehead atoms. The molecule has 3 aromatic rings. The van der Waals surface area contributed by atoms with Crippen molar-refractivity contribution in [3.8, 4) is 11.8 Å². The Morgan fingerprint density at radius 1 is 1.18 bits per heavy atom. The molecule has 0 radical (unpaired) electrons. The Hall–Kier alpha value is -3.52. The zero-order chi connectivity index (χ0) is 20.0. The number of aromatic nitrogens is 1. The maximum absolute atomic E-state index is 12.6. The summed E-state index contributed by atoms with van der Waals surface area (Å²) in [7, 11) is 0. The number of rotatable bonds is 2. The maximum Gasteiger partial charge on any atom is 0.228 e. The first kappa shape index (κ1) is 17.9. The third kappa shape index (κ3) is 2.57. The monoisotopic (exact) mass is 371 g/mol. The minimum absolute atomic E-state index is 0.0828. The van der Waals surface area contributed by atoms with Crippen LogP contribution in [0.5, 0.6) is 5.75 Å². The smallest absolute Gasteiger partial charge is 0.228 e. The van der Waals surface area contributed by atoms with Gasteiger partial charge >= 0.3 is 0 Å². The Bertz CT molecular complexity index is 1160. The highest BCUT2D eigenvalue weighted by Gasteiger charge is 2.36. The van der Waals surface area contributed by atoms with Gasteiger partial charge < -0.3 is 10.5 Å². The second-order valence-electron chi connectivity index (χ2n) is 7.33. The molecular weight excluding hydrogens is 350 g/mol. The molecule has 2 aromatic carbocycles. The molecular formula is C23H21N3O2. The van der Waals surface area contributed by atoms with Crippen LogP contribution in [0, 0.1) is 11.3 Å². The molecule has 0 fully saturated rings. The maximum atomic E-state index is 12.6. The Morgan fingerprint density at radius 2 is 1.86 bits per heavy atom. The van der Waals surface area contributed by atoms with E-state index in [4.69, 9.17) is 10.5 Å². The lowest BCUT2D eigenvalue weighted by molar-refractivity contribution is 0.0937. The molecule has 1 atom stereocenters. The van der Waals surface area contributed by atoms with Crippen molar-refractivity contribution in [1.82, 2.24) is 4.57 Å². The minimum Gasteiger partial charge on any atom is -0.438 e. The van der Waals surface area contributed by atoms with Gasteiger partial charge in [-0.05, 0) is 29.2 Å². The first-order valence-electron chi connectivity index (χ1n) is 9.25. The van der Waals surface area contributed by atoms with E-state index in [2.05, 4.69) is 32.0 Å². The van der Waals surface area contributed by atoms with Crippen LogP contribution >= 0.6 is 0 Å². The first-order chi connectivity index (χ1) is 13.4. The zero-order valence-electron chi connectivity index (χ0n) is 16.1. The van der Waals surface area contributed by atoms with Crippen LogP contribution in [0.2, 0.25) is 0 Å². The van der Waals surface area contributed by atoms with E-state index in [0.717, 1.165) is 16.5 Å². The third-order valence-electron chi connectivity index (χ3n) is 5.27. The number of hydrogen-bond donors (Lipinski definition) is 1. The second-order valence-corrected chi connectivity index (χ2v) is 7.33. The van der Waals surface area contributed by atoms with Crippen molar-refractivity contribution in [2.75, 3.05) is 0 Å². The molecule has 0 amide bonds. The predicted octanol–water partition coefficient (Wildman–Crippen LogP) is 4.64. The molecule has 0 saturated carbocycles. The van der Waals surface area contributed by atoms with Gasteiger partial charge in [0.25, 0.3) is 0 Å². The van der Waals surface area contributed by atoms with Crippen molar-refractivity contribution < 1.29 is 9.53 Å². The summed E-state index contributed by atoms with van der Waals surface area (Å²) < 4.78 is 7.49. The van der Waals surface area contributed by atoms with Gasteiger partial charge in [0.15, 0.2) is 5.75 Å². The molecule has 1 aliphatic heterocycles. The summed E-state index contributed by atoms with van der Waals surface area (Å²) in [4.78, 5) is 12.6. The summed E-state index contributed by atoms with van der Waals surface area (Å²) in [6.45, 7) is 5.78. The number of nitrogens with two attached hydrogens (primary N) is 1. The minimum atomic E-state index is -0.466. The van der Waals surface area contributed by atoms with E-state index in [0.29, 0.717) is 22.9 Å². The standard InChI is InChI=1S/C23H21N3O2/c1-13(2)15-8-10-16(11-9-15)20-18(12-24)23(25)28-22-17-6-4-5-7-19(17)26(14(3)27)21(20)22/h4-11,13,20H,25H2,1-3H3/t20-/m0/s1. The number of nitrogens with zero attached hydrogens (tertiary/aromatic N) is 2. The molecule has 2 heterocycles. The Labute approximate surface area is 163 Å². The lowest BCUT2D eigenvalue weighted by Gasteiger charge is -2.26. The first-order valence-corrected chi connectivity index (χ1v) is 9.25. The van der Waals surface area contributed by atoms with E-state index in [-0.39, 0.29) is 11.8 Å². The predicted molar refractivity (Wildman–Crippen MR) is 108 cm³/mol. The number of carbonyl (C=O) groups excluding carboxylic acids is 1. The van der Waals surface area contributed by atoms with E-state index in [1.54, 1.807) is 4.57 Å². The molecule has 5 nitrogen and oxygen atoms in total. The van der Waals surface area contributed by atoms with Gasteiger partial charge in [0.2, 0.25) is 11.8 Å². The van der Waals surface area contributed by atoms with Crippen LogP contribution in [0.3, 0.4) is 0 Å². The summed E-state index contributed by atoms with van der Waals surface area (Å²) in [6.07, 6.45) is 0. The van der Waals surface area contributed by atoms with Gasteiger partial charge in [-0.25, -0.2) is 0 Å². The SMILES string of the molecule is CC(=O)n1c2c(c3ccccc31)OC(N)=C(C#N)[C@@H]2c1ccc(C(C)C)cc1. The highest BCUT2D eigenvalue weighted by Crippen LogP contribution is 2.47. The number of para-hydroxylation sites is 1.